The Kier molecular flexibility index (Phi) is 4.10. The third kappa shape index (κ3) is 2.96. The molecule has 1 atom stereocenters. The Labute approximate surface area is 111 Å². The van der Waals surface area contributed by atoms with Crippen LogP contribution in [0.1, 0.15) is 25.6 Å². The lowest BCUT2D eigenvalue weighted by atomic mass is 10.2. The van der Waals surface area contributed by atoms with E-state index >= 15 is 0 Å². The lowest BCUT2D eigenvalue weighted by molar-refractivity contribution is 0.340. The number of ether oxygens (including phenoxy) is 1. The molecule has 0 aliphatic rings. The number of aromatic nitrogens is 2. The monoisotopic (exact) mass is 265 g/mol. The predicted octanol–water partition coefficient (Wildman–Crippen LogP) is 3.63. The molecule has 2 aromatic rings. The summed E-state index contributed by atoms with van der Waals surface area (Å²) in [6.45, 7) is 4.59. The van der Waals surface area contributed by atoms with Crippen LogP contribution in [0.5, 0.6) is 5.75 Å². The van der Waals surface area contributed by atoms with E-state index in [4.69, 9.17) is 16.3 Å². The number of H-pyrrole nitrogens is 1. The van der Waals surface area contributed by atoms with Gasteiger partial charge in [0.05, 0.1) is 23.4 Å². The quantitative estimate of drug-likeness (QED) is 0.868. The van der Waals surface area contributed by atoms with Crippen molar-refractivity contribution in [3.63, 3.8) is 0 Å². The molecular weight excluding hydrogens is 250 g/mol. The molecule has 0 saturated heterocycles. The molecule has 0 radical (unpaired) electrons. The number of benzene rings is 1. The van der Waals surface area contributed by atoms with Crippen LogP contribution in [0.3, 0.4) is 0 Å². The highest BCUT2D eigenvalue weighted by atomic mass is 35.5. The number of rotatable bonds is 5. The first-order chi connectivity index (χ1) is 8.70. The first kappa shape index (κ1) is 12.8. The Morgan fingerprint density at radius 1 is 1.44 bits per heavy atom. The van der Waals surface area contributed by atoms with Crippen molar-refractivity contribution in [2.45, 2.75) is 19.9 Å². The zero-order chi connectivity index (χ0) is 13.0. The number of anilines is 1. The Bertz CT molecular complexity index is 499. The fourth-order valence-electron chi connectivity index (χ4n) is 1.70. The molecule has 1 unspecified atom stereocenters. The van der Waals surface area contributed by atoms with E-state index in [1.54, 1.807) is 6.20 Å². The van der Waals surface area contributed by atoms with E-state index in [2.05, 4.69) is 22.4 Å². The number of hydrogen-bond acceptors (Lipinski definition) is 3. The maximum absolute atomic E-state index is 6.13. The summed E-state index contributed by atoms with van der Waals surface area (Å²) >= 11 is 6.13. The molecule has 2 N–H and O–H groups in total. The Balaban J connectivity index is 2.08. The summed E-state index contributed by atoms with van der Waals surface area (Å²) in [5.41, 5.74) is 1.98. The molecule has 4 nitrogen and oxygen atoms in total. The fourth-order valence-corrected chi connectivity index (χ4v) is 1.93. The van der Waals surface area contributed by atoms with Crippen molar-refractivity contribution in [1.82, 2.24) is 10.2 Å². The molecule has 0 amide bonds. The van der Waals surface area contributed by atoms with Gasteiger partial charge in [-0.1, -0.05) is 11.6 Å². The van der Waals surface area contributed by atoms with Crippen LogP contribution in [0.2, 0.25) is 5.02 Å². The van der Waals surface area contributed by atoms with Gasteiger partial charge < -0.3 is 10.1 Å². The molecule has 0 aliphatic heterocycles. The molecule has 0 spiro atoms. The lowest BCUT2D eigenvalue weighted by Crippen LogP contribution is -2.07. The van der Waals surface area contributed by atoms with E-state index in [0.717, 1.165) is 11.4 Å². The second-order valence-corrected chi connectivity index (χ2v) is 4.36. The maximum Gasteiger partial charge on any atom is 0.138 e. The van der Waals surface area contributed by atoms with Crippen LogP contribution in [0.15, 0.2) is 30.5 Å². The van der Waals surface area contributed by atoms with Gasteiger partial charge in [0.15, 0.2) is 0 Å². The van der Waals surface area contributed by atoms with Crippen molar-refractivity contribution >= 4 is 17.3 Å². The van der Waals surface area contributed by atoms with Crippen LogP contribution in [0.4, 0.5) is 5.69 Å². The molecule has 0 saturated carbocycles. The Morgan fingerprint density at radius 2 is 2.28 bits per heavy atom. The van der Waals surface area contributed by atoms with E-state index in [0.29, 0.717) is 17.4 Å². The van der Waals surface area contributed by atoms with Gasteiger partial charge in [-0.3, -0.25) is 5.10 Å². The maximum atomic E-state index is 6.13. The molecule has 5 heteroatoms. The average molecular weight is 266 g/mol. The van der Waals surface area contributed by atoms with E-state index in [1.165, 1.54) is 0 Å². The summed E-state index contributed by atoms with van der Waals surface area (Å²) in [5, 5.41) is 10.8. The van der Waals surface area contributed by atoms with Crippen LogP contribution in [0.25, 0.3) is 0 Å². The fraction of sp³-hybridized carbons (Fsp3) is 0.308. The predicted molar refractivity (Wildman–Crippen MR) is 73.2 cm³/mol. The molecule has 2 rings (SSSR count). The van der Waals surface area contributed by atoms with Crippen molar-refractivity contribution in [3.8, 4) is 5.75 Å². The summed E-state index contributed by atoms with van der Waals surface area (Å²) in [6.07, 6.45) is 1.73. The highest BCUT2D eigenvalue weighted by molar-refractivity contribution is 6.32. The van der Waals surface area contributed by atoms with Crippen LogP contribution < -0.4 is 10.1 Å². The highest BCUT2D eigenvalue weighted by Gasteiger charge is 2.08. The van der Waals surface area contributed by atoms with E-state index in [1.807, 2.05) is 31.2 Å². The van der Waals surface area contributed by atoms with Crippen molar-refractivity contribution < 1.29 is 4.74 Å². The van der Waals surface area contributed by atoms with Crippen LogP contribution in [-0.4, -0.2) is 16.8 Å². The van der Waals surface area contributed by atoms with Gasteiger partial charge in [0.1, 0.15) is 5.75 Å². The van der Waals surface area contributed by atoms with Crippen molar-refractivity contribution in [2.75, 3.05) is 11.9 Å². The van der Waals surface area contributed by atoms with Crippen molar-refractivity contribution in [3.05, 3.63) is 41.2 Å². The summed E-state index contributed by atoms with van der Waals surface area (Å²) < 4.78 is 5.39. The second-order valence-electron chi connectivity index (χ2n) is 3.96. The average Bonchev–Trinajstić information content (AvgIpc) is 2.86. The van der Waals surface area contributed by atoms with Crippen LogP contribution >= 0.6 is 11.6 Å². The van der Waals surface area contributed by atoms with Crippen molar-refractivity contribution in [2.24, 2.45) is 0 Å². The third-order valence-electron chi connectivity index (χ3n) is 2.60. The van der Waals surface area contributed by atoms with Crippen molar-refractivity contribution in [1.29, 1.82) is 0 Å². The molecule has 0 aliphatic carbocycles. The van der Waals surface area contributed by atoms with Gasteiger partial charge in [-0.2, -0.15) is 5.10 Å². The second kappa shape index (κ2) is 5.78. The molecule has 18 heavy (non-hydrogen) atoms. The first-order valence-corrected chi connectivity index (χ1v) is 6.26. The molecule has 0 bridgehead atoms. The summed E-state index contributed by atoms with van der Waals surface area (Å²) in [6, 6.07) is 7.76. The van der Waals surface area contributed by atoms with Gasteiger partial charge in [-0.25, -0.2) is 0 Å². The number of hydrogen-bond donors (Lipinski definition) is 2. The number of nitrogens with zero attached hydrogens (tertiary/aromatic N) is 1. The largest absolute Gasteiger partial charge is 0.492 e. The normalized spacial score (nSPS) is 12.2. The standard InChI is InChI=1S/C13H16ClN3O/c1-3-18-13-5-4-10(8-11(13)14)16-9(2)12-6-7-15-17-12/h4-9,16H,3H2,1-2H3,(H,15,17). The highest BCUT2D eigenvalue weighted by Crippen LogP contribution is 2.29. The zero-order valence-corrected chi connectivity index (χ0v) is 11.2. The summed E-state index contributed by atoms with van der Waals surface area (Å²) in [5.74, 6) is 0.707. The Morgan fingerprint density at radius 3 is 2.89 bits per heavy atom. The minimum atomic E-state index is 0.140. The minimum Gasteiger partial charge on any atom is -0.492 e. The summed E-state index contributed by atoms with van der Waals surface area (Å²) in [4.78, 5) is 0. The zero-order valence-electron chi connectivity index (χ0n) is 10.4. The van der Waals surface area contributed by atoms with Gasteiger partial charge in [0.2, 0.25) is 0 Å². The number of aromatic amines is 1. The topological polar surface area (TPSA) is 49.9 Å². The molecule has 1 heterocycles. The molecular formula is C13H16ClN3O. The smallest absolute Gasteiger partial charge is 0.138 e. The SMILES string of the molecule is CCOc1ccc(NC(C)c2ccn[nH]2)cc1Cl. The molecule has 1 aromatic carbocycles. The van der Waals surface area contributed by atoms with E-state index < -0.39 is 0 Å². The van der Waals surface area contributed by atoms with Gasteiger partial charge in [-0.15, -0.1) is 0 Å². The minimum absolute atomic E-state index is 0.140. The third-order valence-corrected chi connectivity index (χ3v) is 2.90. The van der Waals surface area contributed by atoms with E-state index in [9.17, 15) is 0 Å². The summed E-state index contributed by atoms with van der Waals surface area (Å²) in [7, 11) is 0. The molecule has 0 fully saturated rings. The lowest BCUT2D eigenvalue weighted by Gasteiger charge is -2.14. The van der Waals surface area contributed by atoms with Crippen LogP contribution in [-0.2, 0) is 0 Å². The van der Waals surface area contributed by atoms with E-state index in [-0.39, 0.29) is 6.04 Å². The van der Waals surface area contributed by atoms with Gasteiger partial charge >= 0.3 is 0 Å². The number of nitrogens with one attached hydrogen (secondary N) is 2. The first-order valence-electron chi connectivity index (χ1n) is 5.89. The Hall–Kier alpha value is -1.68. The van der Waals surface area contributed by atoms with Gasteiger partial charge in [-0.05, 0) is 38.1 Å². The van der Waals surface area contributed by atoms with Crippen LogP contribution in [0, 0.1) is 0 Å². The number of halogens is 1. The van der Waals surface area contributed by atoms with Gasteiger partial charge in [0, 0.05) is 11.9 Å². The molecule has 1 aromatic heterocycles. The molecule has 96 valence electrons. The van der Waals surface area contributed by atoms with Gasteiger partial charge in [0.25, 0.3) is 0 Å².